The zero-order valence-corrected chi connectivity index (χ0v) is 12.0. The first kappa shape index (κ1) is 16.9. The summed E-state index contributed by atoms with van der Waals surface area (Å²) in [4.78, 5) is 0. The minimum Gasteiger partial charge on any atom is -0.382 e. The van der Waals surface area contributed by atoms with Crippen molar-refractivity contribution in [1.82, 2.24) is 0 Å². The summed E-state index contributed by atoms with van der Waals surface area (Å²) in [6.45, 7) is 4.64. The molecule has 0 rings (SSSR count). The summed E-state index contributed by atoms with van der Waals surface area (Å²) in [5, 5.41) is 0. The van der Waals surface area contributed by atoms with E-state index < -0.39 is 0 Å². The van der Waals surface area contributed by atoms with Gasteiger partial charge in [0, 0.05) is 13.7 Å². The van der Waals surface area contributed by atoms with Crippen molar-refractivity contribution in [3.63, 3.8) is 0 Å². The van der Waals surface area contributed by atoms with Crippen LogP contribution in [-0.2, 0) is 9.47 Å². The van der Waals surface area contributed by atoms with E-state index in [0.717, 1.165) is 19.8 Å². The van der Waals surface area contributed by atoms with Gasteiger partial charge in [0.05, 0.1) is 13.2 Å². The normalized spacial score (nSPS) is 10.9. The molecule has 2 nitrogen and oxygen atoms in total. The van der Waals surface area contributed by atoms with Crippen LogP contribution in [0.15, 0.2) is 0 Å². The number of methoxy groups -OCH3 is 1. The highest BCUT2D eigenvalue weighted by atomic mass is 16.5. The number of unbranched alkanes of at least 4 members (excludes halogenated alkanes) is 9. The third kappa shape index (κ3) is 15.9. The van der Waals surface area contributed by atoms with Crippen LogP contribution in [0.3, 0.4) is 0 Å². The van der Waals surface area contributed by atoms with E-state index in [1.165, 1.54) is 64.2 Å². The molecule has 0 amide bonds. The van der Waals surface area contributed by atoms with Crippen LogP contribution in [0.25, 0.3) is 0 Å². The summed E-state index contributed by atoms with van der Waals surface area (Å²) in [6.07, 6.45) is 13.8. The van der Waals surface area contributed by atoms with Gasteiger partial charge in [0.15, 0.2) is 0 Å². The van der Waals surface area contributed by atoms with Crippen LogP contribution in [0.1, 0.15) is 71.1 Å². The molecule has 17 heavy (non-hydrogen) atoms. The van der Waals surface area contributed by atoms with Gasteiger partial charge in [-0.3, -0.25) is 0 Å². The van der Waals surface area contributed by atoms with Gasteiger partial charge in [-0.25, -0.2) is 0 Å². The van der Waals surface area contributed by atoms with E-state index in [0.29, 0.717) is 0 Å². The highest BCUT2D eigenvalue weighted by molar-refractivity contribution is 4.47. The summed E-state index contributed by atoms with van der Waals surface area (Å²) in [5.41, 5.74) is 0. The van der Waals surface area contributed by atoms with Gasteiger partial charge >= 0.3 is 0 Å². The molecule has 0 saturated heterocycles. The Morgan fingerprint density at radius 2 is 1.12 bits per heavy atom. The third-order valence-electron chi connectivity index (χ3n) is 3.07. The van der Waals surface area contributed by atoms with Gasteiger partial charge in [0.25, 0.3) is 0 Å². The lowest BCUT2D eigenvalue weighted by molar-refractivity contribution is 0.0685. The Labute approximate surface area is 108 Å². The van der Waals surface area contributed by atoms with E-state index in [-0.39, 0.29) is 0 Å². The SMILES string of the molecule is CCCCCCCCCCCCOCCOC. The van der Waals surface area contributed by atoms with Gasteiger partial charge < -0.3 is 9.47 Å². The maximum absolute atomic E-state index is 5.42. The lowest BCUT2D eigenvalue weighted by atomic mass is 10.1. The van der Waals surface area contributed by atoms with E-state index in [4.69, 9.17) is 9.47 Å². The summed E-state index contributed by atoms with van der Waals surface area (Å²) in [7, 11) is 1.71. The molecule has 0 bridgehead atoms. The minimum absolute atomic E-state index is 0.720. The second-order valence-corrected chi connectivity index (χ2v) is 4.79. The number of hydrogen-bond donors (Lipinski definition) is 0. The Morgan fingerprint density at radius 1 is 0.588 bits per heavy atom. The average molecular weight is 244 g/mol. The Hall–Kier alpha value is -0.0800. The van der Waals surface area contributed by atoms with Crippen molar-refractivity contribution >= 4 is 0 Å². The quantitative estimate of drug-likeness (QED) is 0.417. The van der Waals surface area contributed by atoms with Crippen LogP contribution in [0, 0.1) is 0 Å². The lowest BCUT2D eigenvalue weighted by Crippen LogP contribution is -2.02. The predicted molar refractivity (Wildman–Crippen MR) is 74.5 cm³/mol. The molecule has 0 heterocycles. The summed E-state index contributed by atoms with van der Waals surface area (Å²) < 4.78 is 10.3. The molecule has 0 aliphatic carbocycles. The standard InChI is InChI=1S/C15H32O2/c1-3-4-5-6-7-8-9-10-11-12-13-17-15-14-16-2/h3-15H2,1-2H3. The van der Waals surface area contributed by atoms with E-state index in [1.807, 2.05) is 0 Å². The van der Waals surface area contributed by atoms with Gasteiger partial charge in [-0.1, -0.05) is 64.7 Å². The molecule has 0 atom stereocenters. The van der Waals surface area contributed by atoms with Crippen LogP contribution in [0.5, 0.6) is 0 Å². The fourth-order valence-electron chi connectivity index (χ4n) is 1.94. The van der Waals surface area contributed by atoms with Crippen molar-refractivity contribution in [1.29, 1.82) is 0 Å². The lowest BCUT2D eigenvalue weighted by Gasteiger charge is -2.04. The van der Waals surface area contributed by atoms with Crippen molar-refractivity contribution < 1.29 is 9.47 Å². The van der Waals surface area contributed by atoms with Crippen molar-refractivity contribution in [2.75, 3.05) is 26.9 Å². The molecule has 0 radical (unpaired) electrons. The molecule has 2 heteroatoms. The van der Waals surface area contributed by atoms with Gasteiger partial charge in [0.1, 0.15) is 0 Å². The van der Waals surface area contributed by atoms with Gasteiger partial charge in [-0.2, -0.15) is 0 Å². The fourth-order valence-corrected chi connectivity index (χ4v) is 1.94. The Balaban J connectivity index is 2.85. The van der Waals surface area contributed by atoms with Crippen LogP contribution in [0.4, 0.5) is 0 Å². The molecule has 0 aromatic heterocycles. The van der Waals surface area contributed by atoms with Crippen LogP contribution in [0.2, 0.25) is 0 Å². The highest BCUT2D eigenvalue weighted by Crippen LogP contribution is 2.10. The Kier molecular flexibility index (Phi) is 15.8. The maximum atomic E-state index is 5.42. The predicted octanol–water partition coefficient (Wildman–Crippen LogP) is 4.57. The topological polar surface area (TPSA) is 18.5 Å². The minimum atomic E-state index is 0.720. The van der Waals surface area contributed by atoms with Crippen molar-refractivity contribution in [2.24, 2.45) is 0 Å². The molecular formula is C15H32O2. The molecule has 0 N–H and O–H groups in total. The van der Waals surface area contributed by atoms with Crippen molar-refractivity contribution in [2.45, 2.75) is 71.1 Å². The number of ether oxygens (including phenoxy) is 2. The van der Waals surface area contributed by atoms with Crippen LogP contribution in [-0.4, -0.2) is 26.9 Å². The Morgan fingerprint density at radius 3 is 1.65 bits per heavy atom. The molecule has 0 fully saturated rings. The summed E-state index contributed by atoms with van der Waals surface area (Å²) >= 11 is 0. The monoisotopic (exact) mass is 244 g/mol. The van der Waals surface area contributed by atoms with Gasteiger partial charge in [-0.15, -0.1) is 0 Å². The molecule has 0 aliphatic heterocycles. The molecule has 0 aromatic rings. The highest BCUT2D eigenvalue weighted by Gasteiger charge is 1.93. The molecule has 104 valence electrons. The van der Waals surface area contributed by atoms with Crippen molar-refractivity contribution in [3.05, 3.63) is 0 Å². The fraction of sp³-hybridized carbons (Fsp3) is 1.00. The van der Waals surface area contributed by atoms with Crippen LogP contribution < -0.4 is 0 Å². The third-order valence-corrected chi connectivity index (χ3v) is 3.07. The number of hydrogen-bond acceptors (Lipinski definition) is 2. The molecular weight excluding hydrogens is 212 g/mol. The van der Waals surface area contributed by atoms with Crippen molar-refractivity contribution in [3.8, 4) is 0 Å². The second-order valence-electron chi connectivity index (χ2n) is 4.79. The van der Waals surface area contributed by atoms with E-state index in [9.17, 15) is 0 Å². The summed E-state index contributed by atoms with van der Waals surface area (Å²) in [6, 6.07) is 0. The van der Waals surface area contributed by atoms with E-state index in [1.54, 1.807) is 7.11 Å². The zero-order chi connectivity index (χ0) is 12.6. The molecule has 0 spiro atoms. The van der Waals surface area contributed by atoms with E-state index in [2.05, 4.69) is 6.92 Å². The largest absolute Gasteiger partial charge is 0.382 e. The van der Waals surface area contributed by atoms with Gasteiger partial charge in [0.2, 0.25) is 0 Å². The zero-order valence-electron chi connectivity index (χ0n) is 12.0. The molecule has 0 aromatic carbocycles. The first-order valence-corrected chi connectivity index (χ1v) is 7.48. The first-order chi connectivity index (χ1) is 8.41. The maximum Gasteiger partial charge on any atom is 0.0700 e. The average Bonchev–Trinajstić information content (AvgIpc) is 2.35. The smallest absolute Gasteiger partial charge is 0.0700 e. The second kappa shape index (κ2) is 15.9. The molecule has 0 unspecified atom stereocenters. The van der Waals surface area contributed by atoms with Crippen LogP contribution >= 0.6 is 0 Å². The Bertz CT molecular complexity index is 112. The van der Waals surface area contributed by atoms with Gasteiger partial charge in [-0.05, 0) is 6.42 Å². The number of rotatable bonds is 14. The molecule has 0 saturated carbocycles. The first-order valence-electron chi connectivity index (χ1n) is 7.48. The summed E-state index contributed by atoms with van der Waals surface area (Å²) in [5.74, 6) is 0. The van der Waals surface area contributed by atoms with E-state index >= 15 is 0 Å². The molecule has 0 aliphatic rings.